The Morgan fingerprint density at radius 1 is 1.22 bits per heavy atom. The Balaban J connectivity index is 2.27. The van der Waals surface area contributed by atoms with Gasteiger partial charge in [-0.15, -0.1) is 0 Å². The van der Waals surface area contributed by atoms with Gasteiger partial charge in [-0.05, 0) is 46.3 Å². The molecule has 18 heavy (non-hydrogen) atoms. The predicted octanol–water partition coefficient (Wildman–Crippen LogP) is 3.94. The number of halogens is 2. The normalized spacial score (nSPS) is 10.1. The standard InChI is InChI=1S/C13H10BrClN2O/c14-10-6-5-8(16)7-12(10)17-13(18)9-3-1-2-4-11(9)15/h1-7H,16H2,(H,17,18). The first-order valence-electron chi connectivity index (χ1n) is 5.19. The van der Waals surface area contributed by atoms with Crippen molar-refractivity contribution in [2.45, 2.75) is 0 Å². The van der Waals surface area contributed by atoms with E-state index in [1.807, 2.05) is 0 Å². The number of hydrogen-bond acceptors (Lipinski definition) is 2. The molecule has 0 aliphatic heterocycles. The molecule has 0 aliphatic carbocycles. The van der Waals surface area contributed by atoms with Crippen LogP contribution in [0.4, 0.5) is 11.4 Å². The van der Waals surface area contributed by atoms with Crippen molar-refractivity contribution in [3.63, 3.8) is 0 Å². The Morgan fingerprint density at radius 3 is 2.67 bits per heavy atom. The zero-order chi connectivity index (χ0) is 13.1. The number of rotatable bonds is 2. The van der Waals surface area contributed by atoms with Crippen LogP contribution in [0.5, 0.6) is 0 Å². The molecule has 1 amide bonds. The SMILES string of the molecule is Nc1ccc(Br)c(NC(=O)c2ccccc2Cl)c1. The molecule has 0 aromatic heterocycles. The predicted molar refractivity (Wildman–Crippen MR) is 78.0 cm³/mol. The minimum atomic E-state index is -0.271. The quantitative estimate of drug-likeness (QED) is 0.822. The van der Waals surface area contributed by atoms with E-state index in [1.165, 1.54) is 0 Å². The number of carbonyl (C=O) groups excluding carboxylic acids is 1. The maximum absolute atomic E-state index is 12.0. The highest BCUT2D eigenvalue weighted by molar-refractivity contribution is 9.10. The van der Waals surface area contributed by atoms with Crippen LogP contribution in [0.2, 0.25) is 5.02 Å². The van der Waals surface area contributed by atoms with Gasteiger partial charge in [0.15, 0.2) is 0 Å². The van der Waals surface area contributed by atoms with Crippen molar-refractivity contribution >= 4 is 44.8 Å². The molecule has 2 rings (SSSR count). The Labute approximate surface area is 118 Å². The molecule has 0 bridgehead atoms. The fourth-order valence-electron chi connectivity index (χ4n) is 1.47. The summed E-state index contributed by atoms with van der Waals surface area (Å²) in [7, 11) is 0. The molecule has 3 nitrogen and oxygen atoms in total. The van der Waals surface area contributed by atoms with Crippen molar-refractivity contribution in [1.82, 2.24) is 0 Å². The van der Waals surface area contributed by atoms with E-state index in [0.29, 0.717) is 22.0 Å². The highest BCUT2D eigenvalue weighted by Gasteiger charge is 2.11. The van der Waals surface area contributed by atoms with Crippen LogP contribution in [0, 0.1) is 0 Å². The first kappa shape index (κ1) is 12.9. The van der Waals surface area contributed by atoms with Gasteiger partial charge in [0.2, 0.25) is 0 Å². The van der Waals surface area contributed by atoms with Gasteiger partial charge in [0.25, 0.3) is 5.91 Å². The second-order valence-corrected chi connectivity index (χ2v) is 4.93. The zero-order valence-electron chi connectivity index (χ0n) is 9.28. The molecule has 5 heteroatoms. The molecular formula is C13H10BrClN2O. The summed E-state index contributed by atoms with van der Waals surface area (Å²) in [4.78, 5) is 12.0. The lowest BCUT2D eigenvalue weighted by molar-refractivity contribution is 0.102. The molecule has 0 fully saturated rings. The van der Waals surface area contributed by atoms with Gasteiger partial charge in [-0.25, -0.2) is 0 Å². The van der Waals surface area contributed by atoms with Gasteiger partial charge in [0.05, 0.1) is 16.3 Å². The van der Waals surface area contributed by atoms with Crippen molar-refractivity contribution in [2.24, 2.45) is 0 Å². The monoisotopic (exact) mass is 324 g/mol. The van der Waals surface area contributed by atoms with Crippen LogP contribution in [-0.4, -0.2) is 5.91 Å². The van der Waals surface area contributed by atoms with Crippen LogP contribution in [0.15, 0.2) is 46.9 Å². The summed E-state index contributed by atoms with van der Waals surface area (Å²) in [5.74, 6) is -0.271. The van der Waals surface area contributed by atoms with Gasteiger partial charge >= 0.3 is 0 Å². The topological polar surface area (TPSA) is 55.1 Å². The number of nitrogen functional groups attached to an aromatic ring is 1. The van der Waals surface area contributed by atoms with Crippen molar-refractivity contribution < 1.29 is 4.79 Å². The number of anilines is 2. The molecule has 0 saturated heterocycles. The lowest BCUT2D eigenvalue weighted by Gasteiger charge is -2.09. The van der Waals surface area contributed by atoms with Crippen LogP contribution >= 0.6 is 27.5 Å². The second kappa shape index (κ2) is 5.42. The first-order chi connectivity index (χ1) is 8.58. The van der Waals surface area contributed by atoms with Gasteiger partial charge in [0.1, 0.15) is 0 Å². The maximum atomic E-state index is 12.0. The van der Waals surface area contributed by atoms with E-state index in [4.69, 9.17) is 17.3 Å². The van der Waals surface area contributed by atoms with Crippen molar-refractivity contribution in [3.05, 3.63) is 57.5 Å². The Hall–Kier alpha value is -1.52. The highest BCUT2D eigenvalue weighted by atomic mass is 79.9. The van der Waals surface area contributed by atoms with Gasteiger partial charge in [-0.3, -0.25) is 4.79 Å². The number of nitrogens with two attached hydrogens (primary N) is 1. The Kier molecular flexibility index (Phi) is 3.89. The smallest absolute Gasteiger partial charge is 0.257 e. The van der Waals surface area contributed by atoms with Crippen LogP contribution in [-0.2, 0) is 0 Å². The minimum Gasteiger partial charge on any atom is -0.399 e. The number of amides is 1. The van der Waals surface area contributed by atoms with Crippen LogP contribution in [0.1, 0.15) is 10.4 Å². The molecule has 2 aromatic rings. The molecule has 0 spiro atoms. The fourth-order valence-corrected chi connectivity index (χ4v) is 2.04. The summed E-state index contributed by atoms with van der Waals surface area (Å²) in [5.41, 5.74) is 7.29. The summed E-state index contributed by atoms with van der Waals surface area (Å²) in [6.07, 6.45) is 0. The third-order valence-electron chi connectivity index (χ3n) is 2.36. The van der Waals surface area contributed by atoms with Crippen molar-refractivity contribution in [2.75, 3.05) is 11.1 Å². The molecule has 92 valence electrons. The molecule has 0 heterocycles. The lowest BCUT2D eigenvalue weighted by atomic mass is 10.2. The average molecular weight is 326 g/mol. The van der Waals surface area contributed by atoms with Crippen LogP contribution in [0.3, 0.4) is 0 Å². The summed E-state index contributed by atoms with van der Waals surface area (Å²) < 4.78 is 0.761. The van der Waals surface area contributed by atoms with Crippen LogP contribution in [0.25, 0.3) is 0 Å². The van der Waals surface area contributed by atoms with E-state index in [2.05, 4.69) is 21.2 Å². The molecule has 3 N–H and O–H groups in total. The summed E-state index contributed by atoms with van der Waals surface area (Å²) in [6.45, 7) is 0. The van der Waals surface area contributed by atoms with E-state index in [9.17, 15) is 4.79 Å². The summed E-state index contributed by atoms with van der Waals surface area (Å²) in [6, 6.07) is 12.1. The molecule has 0 aliphatic rings. The molecule has 0 unspecified atom stereocenters. The van der Waals surface area contributed by atoms with Gasteiger partial charge in [-0.2, -0.15) is 0 Å². The third-order valence-corrected chi connectivity index (χ3v) is 3.38. The van der Waals surface area contributed by atoms with Crippen molar-refractivity contribution in [3.8, 4) is 0 Å². The zero-order valence-corrected chi connectivity index (χ0v) is 11.6. The molecule has 0 saturated carbocycles. The van der Waals surface area contributed by atoms with Gasteiger partial charge < -0.3 is 11.1 Å². The summed E-state index contributed by atoms with van der Waals surface area (Å²) >= 11 is 9.31. The average Bonchev–Trinajstić information content (AvgIpc) is 2.34. The van der Waals surface area contributed by atoms with Gasteiger partial charge in [0, 0.05) is 10.2 Å². The summed E-state index contributed by atoms with van der Waals surface area (Å²) in [5, 5.41) is 3.17. The van der Waals surface area contributed by atoms with E-state index >= 15 is 0 Å². The molecule has 0 radical (unpaired) electrons. The van der Waals surface area contributed by atoms with Gasteiger partial charge in [-0.1, -0.05) is 23.7 Å². The third kappa shape index (κ3) is 2.83. The second-order valence-electron chi connectivity index (χ2n) is 3.67. The number of carbonyl (C=O) groups is 1. The molecular weight excluding hydrogens is 316 g/mol. The molecule has 0 atom stereocenters. The fraction of sp³-hybridized carbons (Fsp3) is 0. The first-order valence-corrected chi connectivity index (χ1v) is 6.36. The number of benzene rings is 2. The Bertz CT molecular complexity index is 601. The minimum absolute atomic E-state index is 0.271. The Morgan fingerprint density at radius 2 is 1.94 bits per heavy atom. The van der Waals surface area contributed by atoms with Crippen LogP contribution < -0.4 is 11.1 Å². The van der Waals surface area contributed by atoms with E-state index < -0.39 is 0 Å². The lowest BCUT2D eigenvalue weighted by Crippen LogP contribution is -2.13. The largest absolute Gasteiger partial charge is 0.399 e. The number of hydrogen-bond donors (Lipinski definition) is 2. The van der Waals surface area contributed by atoms with E-state index in [-0.39, 0.29) is 5.91 Å². The number of nitrogens with one attached hydrogen (secondary N) is 1. The molecule has 2 aromatic carbocycles. The maximum Gasteiger partial charge on any atom is 0.257 e. The highest BCUT2D eigenvalue weighted by Crippen LogP contribution is 2.26. The van der Waals surface area contributed by atoms with E-state index in [1.54, 1.807) is 42.5 Å². The van der Waals surface area contributed by atoms with E-state index in [0.717, 1.165) is 4.47 Å². The van der Waals surface area contributed by atoms with Crippen molar-refractivity contribution in [1.29, 1.82) is 0 Å².